The number of ether oxygens (including phenoxy) is 2. The quantitative estimate of drug-likeness (QED) is 0.632. The minimum Gasteiger partial charge on any atom is -0.490 e. The van der Waals surface area contributed by atoms with Gasteiger partial charge in [0.05, 0.1) is 23.9 Å². The summed E-state index contributed by atoms with van der Waals surface area (Å²) in [5.74, 6) is 1.89. The Morgan fingerprint density at radius 3 is 2.88 bits per heavy atom. The molecule has 1 aromatic heterocycles. The van der Waals surface area contributed by atoms with E-state index in [0.29, 0.717) is 25.7 Å². The zero-order chi connectivity index (χ0) is 17.6. The number of aliphatic imine (C=N–C) groups is 1. The summed E-state index contributed by atoms with van der Waals surface area (Å²) in [5.41, 5.74) is 8.01. The number of guanidine groups is 1. The number of nitrogens with zero attached hydrogens (tertiary/aromatic N) is 2. The number of thiazole rings is 1. The summed E-state index contributed by atoms with van der Waals surface area (Å²) in [4.78, 5) is 10.3. The van der Waals surface area contributed by atoms with E-state index in [2.05, 4.69) is 29.1 Å². The molecule has 0 amide bonds. The monoisotopic (exact) mass is 360 g/mol. The van der Waals surface area contributed by atoms with Crippen LogP contribution in [0.3, 0.4) is 0 Å². The van der Waals surface area contributed by atoms with Gasteiger partial charge in [0.15, 0.2) is 17.5 Å². The van der Waals surface area contributed by atoms with E-state index < -0.39 is 0 Å². The summed E-state index contributed by atoms with van der Waals surface area (Å²) in [6.07, 6.45) is 2.66. The minimum absolute atomic E-state index is 0.387. The van der Waals surface area contributed by atoms with Crippen molar-refractivity contribution in [3.63, 3.8) is 0 Å². The van der Waals surface area contributed by atoms with Crippen molar-refractivity contribution >= 4 is 23.0 Å². The zero-order valence-electron chi connectivity index (χ0n) is 14.7. The van der Waals surface area contributed by atoms with E-state index in [4.69, 9.17) is 15.2 Å². The van der Waals surface area contributed by atoms with Gasteiger partial charge in [0.25, 0.3) is 0 Å². The number of aryl methyl sites for hydroxylation is 2. The van der Waals surface area contributed by atoms with E-state index in [0.717, 1.165) is 41.5 Å². The van der Waals surface area contributed by atoms with Crippen molar-refractivity contribution < 1.29 is 9.47 Å². The fourth-order valence-corrected chi connectivity index (χ4v) is 3.63. The first-order chi connectivity index (χ1) is 12.2. The molecule has 3 N–H and O–H groups in total. The molecule has 3 rings (SSSR count). The molecule has 1 aliphatic rings. The number of fused-ring (bicyclic) bond motifs is 1. The Kier molecular flexibility index (Phi) is 5.75. The number of hydrogen-bond acceptors (Lipinski definition) is 5. The molecule has 0 aliphatic carbocycles. The molecule has 1 aliphatic heterocycles. The van der Waals surface area contributed by atoms with Gasteiger partial charge in [-0.25, -0.2) is 4.98 Å². The molecule has 25 heavy (non-hydrogen) atoms. The lowest BCUT2D eigenvalue weighted by Crippen LogP contribution is -2.23. The molecule has 0 saturated carbocycles. The largest absolute Gasteiger partial charge is 0.490 e. The van der Waals surface area contributed by atoms with Crippen LogP contribution in [0.25, 0.3) is 0 Å². The van der Waals surface area contributed by atoms with Gasteiger partial charge in [-0.3, -0.25) is 4.99 Å². The second-order valence-corrected chi connectivity index (χ2v) is 7.11. The van der Waals surface area contributed by atoms with Gasteiger partial charge in [0.2, 0.25) is 0 Å². The van der Waals surface area contributed by atoms with Gasteiger partial charge >= 0.3 is 0 Å². The van der Waals surface area contributed by atoms with Crippen LogP contribution in [0, 0.1) is 6.92 Å². The van der Waals surface area contributed by atoms with Gasteiger partial charge in [0, 0.05) is 36.0 Å². The Labute approximate surface area is 152 Å². The van der Waals surface area contributed by atoms with Crippen LogP contribution in [0.1, 0.15) is 28.9 Å². The smallest absolute Gasteiger partial charge is 0.193 e. The van der Waals surface area contributed by atoms with Crippen LogP contribution in [0.15, 0.2) is 23.2 Å². The highest BCUT2D eigenvalue weighted by atomic mass is 32.1. The molecule has 0 atom stereocenters. The zero-order valence-corrected chi connectivity index (χ0v) is 15.5. The molecule has 0 spiro atoms. The van der Waals surface area contributed by atoms with Gasteiger partial charge in [-0.2, -0.15) is 0 Å². The van der Waals surface area contributed by atoms with Crippen molar-refractivity contribution in [2.75, 3.05) is 25.1 Å². The molecule has 2 aromatic rings. The average molecular weight is 360 g/mol. The molecule has 0 bridgehead atoms. The van der Waals surface area contributed by atoms with Crippen LogP contribution in [0.2, 0.25) is 0 Å². The van der Waals surface area contributed by atoms with Crippen molar-refractivity contribution in [1.82, 2.24) is 4.98 Å². The highest BCUT2D eigenvalue weighted by Crippen LogP contribution is 2.32. The SMILES string of the molecule is CCc1nc(CCN=C(N)Nc2ccc3c(c2)OCCCO3)sc1C. The summed E-state index contributed by atoms with van der Waals surface area (Å²) in [7, 11) is 0. The van der Waals surface area contributed by atoms with Crippen molar-refractivity contribution in [3.05, 3.63) is 33.8 Å². The van der Waals surface area contributed by atoms with Crippen molar-refractivity contribution in [3.8, 4) is 11.5 Å². The van der Waals surface area contributed by atoms with Gasteiger partial charge in [-0.1, -0.05) is 6.92 Å². The fourth-order valence-electron chi connectivity index (χ4n) is 2.62. The number of benzene rings is 1. The number of anilines is 1. The molecular weight excluding hydrogens is 336 g/mol. The standard InChI is InChI=1S/C18H24N4O2S/c1-3-14-12(2)25-17(22-14)7-8-20-18(19)21-13-5-6-15-16(11-13)24-10-4-9-23-15/h5-6,11H,3-4,7-10H2,1-2H3,(H3,19,20,21). The average Bonchev–Trinajstić information content (AvgIpc) is 2.80. The number of nitrogens with two attached hydrogens (primary N) is 1. The topological polar surface area (TPSA) is 81.8 Å². The third-order valence-corrected chi connectivity index (χ3v) is 4.97. The number of aromatic nitrogens is 1. The second kappa shape index (κ2) is 8.20. The highest BCUT2D eigenvalue weighted by molar-refractivity contribution is 7.11. The first-order valence-corrected chi connectivity index (χ1v) is 9.39. The minimum atomic E-state index is 0.387. The van der Waals surface area contributed by atoms with Crippen LogP contribution in [-0.2, 0) is 12.8 Å². The second-order valence-electron chi connectivity index (χ2n) is 5.82. The van der Waals surface area contributed by atoms with E-state index in [1.807, 2.05) is 18.2 Å². The van der Waals surface area contributed by atoms with Crippen LogP contribution in [-0.4, -0.2) is 30.7 Å². The summed E-state index contributed by atoms with van der Waals surface area (Å²) in [6, 6.07) is 5.69. The molecule has 1 aromatic carbocycles. The van der Waals surface area contributed by atoms with Gasteiger partial charge in [0.1, 0.15) is 0 Å². The summed E-state index contributed by atoms with van der Waals surface area (Å²) in [5, 5.41) is 4.21. The van der Waals surface area contributed by atoms with Crippen molar-refractivity contribution in [2.24, 2.45) is 10.7 Å². The third-order valence-electron chi connectivity index (χ3n) is 3.90. The van der Waals surface area contributed by atoms with E-state index >= 15 is 0 Å². The van der Waals surface area contributed by atoms with Gasteiger partial charge in [-0.05, 0) is 25.5 Å². The lowest BCUT2D eigenvalue weighted by atomic mass is 10.3. The number of nitrogens with one attached hydrogen (secondary N) is 1. The van der Waals surface area contributed by atoms with E-state index in [1.54, 1.807) is 11.3 Å². The maximum atomic E-state index is 5.99. The van der Waals surface area contributed by atoms with Crippen LogP contribution >= 0.6 is 11.3 Å². The number of rotatable bonds is 5. The Morgan fingerprint density at radius 2 is 2.12 bits per heavy atom. The summed E-state index contributed by atoms with van der Waals surface area (Å²) >= 11 is 1.74. The predicted octanol–water partition coefficient (Wildman–Crippen LogP) is 3.14. The molecule has 0 radical (unpaired) electrons. The lowest BCUT2D eigenvalue weighted by Gasteiger charge is -2.10. The molecule has 7 heteroatoms. The van der Waals surface area contributed by atoms with E-state index in [-0.39, 0.29) is 0 Å². The van der Waals surface area contributed by atoms with Crippen LogP contribution < -0.4 is 20.5 Å². The van der Waals surface area contributed by atoms with Gasteiger partial charge in [-0.15, -0.1) is 11.3 Å². The normalized spacial score (nSPS) is 14.2. The van der Waals surface area contributed by atoms with E-state index in [1.165, 1.54) is 10.6 Å². The molecular formula is C18H24N4O2S. The first kappa shape index (κ1) is 17.5. The fraction of sp³-hybridized carbons (Fsp3) is 0.444. The van der Waals surface area contributed by atoms with Crippen molar-refractivity contribution in [2.45, 2.75) is 33.1 Å². The Bertz CT molecular complexity index is 758. The van der Waals surface area contributed by atoms with Crippen LogP contribution in [0.4, 0.5) is 5.69 Å². The Morgan fingerprint density at radius 1 is 1.32 bits per heavy atom. The summed E-state index contributed by atoms with van der Waals surface area (Å²) in [6.45, 7) is 6.19. The Hall–Kier alpha value is -2.28. The molecule has 0 unspecified atom stereocenters. The first-order valence-electron chi connectivity index (χ1n) is 8.57. The summed E-state index contributed by atoms with van der Waals surface area (Å²) < 4.78 is 11.3. The Balaban J connectivity index is 1.56. The maximum absolute atomic E-state index is 5.99. The highest BCUT2D eigenvalue weighted by Gasteiger charge is 2.11. The van der Waals surface area contributed by atoms with Crippen molar-refractivity contribution in [1.29, 1.82) is 0 Å². The third kappa shape index (κ3) is 4.63. The maximum Gasteiger partial charge on any atom is 0.193 e. The molecule has 0 fully saturated rings. The molecule has 134 valence electrons. The molecule has 0 saturated heterocycles. The predicted molar refractivity (Wildman–Crippen MR) is 102 cm³/mol. The molecule has 2 heterocycles. The molecule has 6 nitrogen and oxygen atoms in total. The van der Waals surface area contributed by atoms with Crippen LogP contribution in [0.5, 0.6) is 11.5 Å². The van der Waals surface area contributed by atoms with Gasteiger partial charge < -0.3 is 20.5 Å². The van der Waals surface area contributed by atoms with E-state index in [9.17, 15) is 0 Å². The lowest BCUT2D eigenvalue weighted by molar-refractivity contribution is 0.297. The number of hydrogen-bond donors (Lipinski definition) is 2.